The van der Waals surface area contributed by atoms with Crippen LogP contribution >= 0.6 is 0 Å². The van der Waals surface area contributed by atoms with E-state index in [1.165, 1.54) is 0 Å². The van der Waals surface area contributed by atoms with Gasteiger partial charge in [-0.15, -0.1) is 0 Å². The summed E-state index contributed by atoms with van der Waals surface area (Å²) in [6.07, 6.45) is -6.06. The third-order valence-electron chi connectivity index (χ3n) is 1.45. The third-order valence-corrected chi connectivity index (χ3v) is 1.45. The van der Waals surface area contributed by atoms with Crippen molar-refractivity contribution in [2.24, 2.45) is 0 Å². The summed E-state index contributed by atoms with van der Waals surface area (Å²) in [5.41, 5.74) is -0.645. The van der Waals surface area contributed by atoms with Gasteiger partial charge in [-0.25, -0.2) is 13.2 Å². The monoisotopic (exact) mass is 214 g/mol. The predicted molar refractivity (Wildman–Crippen MR) is 36.1 cm³/mol. The zero-order valence-corrected chi connectivity index (χ0v) is 6.63. The van der Waals surface area contributed by atoms with E-state index in [0.29, 0.717) is 12.1 Å². The van der Waals surface area contributed by atoms with Crippen molar-refractivity contribution in [1.82, 2.24) is 0 Å². The summed E-state index contributed by atoms with van der Waals surface area (Å²) in [6.45, 7) is 0. The van der Waals surface area contributed by atoms with Gasteiger partial charge in [0, 0.05) is 0 Å². The molecule has 0 aromatic heterocycles. The maximum absolute atomic E-state index is 12.4. The Morgan fingerprint density at radius 1 is 0.929 bits per heavy atom. The lowest BCUT2D eigenvalue weighted by Crippen LogP contribution is -2.12. The lowest BCUT2D eigenvalue weighted by Gasteiger charge is -2.06. The first-order valence-electron chi connectivity index (χ1n) is 3.50. The van der Waals surface area contributed by atoms with Crippen LogP contribution in [-0.4, -0.2) is 6.18 Å². The first-order chi connectivity index (χ1) is 6.29. The Hall–Kier alpha value is -1.20. The highest BCUT2D eigenvalue weighted by Gasteiger charge is 2.28. The van der Waals surface area contributed by atoms with E-state index in [4.69, 9.17) is 0 Å². The Bertz CT molecular complexity index is 317. The van der Waals surface area contributed by atoms with E-state index in [2.05, 4.69) is 0 Å². The van der Waals surface area contributed by atoms with Crippen LogP contribution in [0.5, 0.6) is 0 Å². The maximum Gasteiger partial charge on any atom is 0.393 e. The van der Waals surface area contributed by atoms with Crippen LogP contribution in [0.1, 0.15) is 5.56 Å². The van der Waals surface area contributed by atoms with Crippen LogP contribution in [-0.2, 0) is 6.42 Å². The summed E-state index contributed by atoms with van der Waals surface area (Å²) in [4.78, 5) is 0. The highest BCUT2D eigenvalue weighted by Crippen LogP contribution is 2.23. The van der Waals surface area contributed by atoms with Crippen molar-refractivity contribution >= 4 is 0 Å². The average molecular weight is 214 g/mol. The minimum atomic E-state index is -4.57. The Balaban J connectivity index is 3.02. The van der Waals surface area contributed by atoms with Gasteiger partial charge in [0.1, 0.15) is 0 Å². The minimum absolute atomic E-state index is 0.325. The topological polar surface area (TPSA) is 0 Å². The highest BCUT2D eigenvalue weighted by atomic mass is 19.4. The molecule has 0 heterocycles. The minimum Gasteiger partial charge on any atom is -0.204 e. The fraction of sp³-hybridized carbons (Fsp3) is 0.250. The summed E-state index contributed by atoms with van der Waals surface area (Å²) in [5, 5.41) is 0. The molecule has 0 radical (unpaired) electrons. The molecule has 0 spiro atoms. The Morgan fingerprint density at radius 3 is 1.71 bits per heavy atom. The van der Waals surface area contributed by atoms with E-state index in [1.54, 1.807) is 0 Å². The summed E-state index contributed by atoms with van der Waals surface area (Å²) in [7, 11) is 0. The molecule has 0 saturated heterocycles. The van der Waals surface area contributed by atoms with Crippen LogP contribution in [0.4, 0.5) is 26.3 Å². The normalized spacial score (nSPS) is 11.9. The SMILES string of the molecule is Fc1cc(CC(F)(F)F)cc(F)c1F. The van der Waals surface area contributed by atoms with E-state index in [1.807, 2.05) is 0 Å². The van der Waals surface area contributed by atoms with E-state index in [9.17, 15) is 26.3 Å². The van der Waals surface area contributed by atoms with Gasteiger partial charge in [0.25, 0.3) is 0 Å². The Morgan fingerprint density at radius 2 is 1.36 bits per heavy atom. The molecule has 0 amide bonds. The zero-order chi connectivity index (χ0) is 10.9. The van der Waals surface area contributed by atoms with Gasteiger partial charge in [-0.1, -0.05) is 0 Å². The molecule has 0 aliphatic rings. The van der Waals surface area contributed by atoms with Crippen LogP contribution in [0, 0.1) is 17.5 Å². The molecule has 78 valence electrons. The van der Waals surface area contributed by atoms with E-state index in [-0.39, 0.29) is 0 Å². The molecule has 0 aliphatic heterocycles. The van der Waals surface area contributed by atoms with Crippen molar-refractivity contribution in [2.45, 2.75) is 12.6 Å². The van der Waals surface area contributed by atoms with Gasteiger partial charge in [0.15, 0.2) is 17.5 Å². The molecule has 0 saturated carbocycles. The average Bonchev–Trinajstić information content (AvgIpc) is 1.96. The summed E-state index contributed by atoms with van der Waals surface area (Å²) in [6, 6.07) is 0.651. The summed E-state index contributed by atoms with van der Waals surface area (Å²) < 4.78 is 72.5. The molecule has 0 unspecified atom stereocenters. The fourth-order valence-corrected chi connectivity index (χ4v) is 0.942. The van der Waals surface area contributed by atoms with Gasteiger partial charge in [-0.05, 0) is 17.7 Å². The predicted octanol–water partition coefficient (Wildman–Crippen LogP) is 3.21. The van der Waals surface area contributed by atoms with Crippen molar-refractivity contribution in [2.75, 3.05) is 0 Å². The number of hydrogen-bond donors (Lipinski definition) is 0. The molecule has 0 nitrogen and oxygen atoms in total. The Kier molecular flexibility index (Phi) is 2.73. The van der Waals surface area contributed by atoms with Crippen molar-refractivity contribution in [3.8, 4) is 0 Å². The molecular formula is C8H4F6. The van der Waals surface area contributed by atoms with E-state index >= 15 is 0 Å². The second-order valence-electron chi connectivity index (χ2n) is 2.67. The molecule has 0 N–H and O–H groups in total. The summed E-state index contributed by atoms with van der Waals surface area (Å²) in [5.74, 6) is -5.01. The molecule has 0 atom stereocenters. The zero-order valence-electron chi connectivity index (χ0n) is 6.63. The van der Waals surface area contributed by atoms with E-state index in [0.717, 1.165) is 0 Å². The summed E-state index contributed by atoms with van der Waals surface area (Å²) >= 11 is 0. The van der Waals surface area contributed by atoms with Crippen molar-refractivity contribution in [1.29, 1.82) is 0 Å². The molecule has 0 aliphatic carbocycles. The molecule has 1 rings (SSSR count). The quantitative estimate of drug-likeness (QED) is 0.497. The molecule has 1 aromatic rings. The highest BCUT2D eigenvalue weighted by molar-refractivity contribution is 5.20. The first kappa shape index (κ1) is 10.9. The van der Waals surface area contributed by atoms with Crippen molar-refractivity contribution < 1.29 is 26.3 Å². The molecule has 0 bridgehead atoms. The molecular weight excluding hydrogens is 210 g/mol. The number of rotatable bonds is 1. The lowest BCUT2D eigenvalue weighted by molar-refractivity contribution is -0.127. The maximum atomic E-state index is 12.4. The van der Waals surface area contributed by atoms with Crippen LogP contribution in [0.2, 0.25) is 0 Å². The van der Waals surface area contributed by atoms with Gasteiger partial charge < -0.3 is 0 Å². The smallest absolute Gasteiger partial charge is 0.204 e. The van der Waals surface area contributed by atoms with Crippen LogP contribution < -0.4 is 0 Å². The number of alkyl halides is 3. The van der Waals surface area contributed by atoms with Crippen LogP contribution in [0.15, 0.2) is 12.1 Å². The van der Waals surface area contributed by atoms with Gasteiger partial charge in [-0.3, -0.25) is 0 Å². The standard InChI is InChI=1S/C8H4F6/c9-5-1-4(3-8(12,13)14)2-6(10)7(5)11/h1-2H,3H2. The van der Waals surface area contributed by atoms with Crippen LogP contribution in [0.25, 0.3) is 0 Å². The second kappa shape index (κ2) is 3.51. The van der Waals surface area contributed by atoms with Gasteiger partial charge in [0.05, 0.1) is 6.42 Å². The molecule has 6 heteroatoms. The number of benzene rings is 1. The third kappa shape index (κ3) is 2.65. The second-order valence-corrected chi connectivity index (χ2v) is 2.67. The first-order valence-corrected chi connectivity index (χ1v) is 3.50. The molecule has 1 aromatic carbocycles. The Labute approximate surface area is 75.2 Å². The van der Waals surface area contributed by atoms with Gasteiger partial charge in [-0.2, -0.15) is 13.2 Å². The number of halogens is 6. The molecule has 14 heavy (non-hydrogen) atoms. The number of hydrogen-bond acceptors (Lipinski definition) is 0. The van der Waals surface area contributed by atoms with E-state index < -0.39 is 35.6 Å². The largest absolute Gasteiger partial charge is 0.393 e. The molecule has 0 fully saturated rings. The fourth-order valence-electron chi connectivity index (χ4n) is 0.942. The lowest BCUT2D eigenvalue weighted by atomic mass is 10.1. The van der Waals surface area contributed by atoms with Gasteiger partial charge >= 0.3 is 6.18 Å². The van der Waals surface area contributed by atoms with Crippen molar-refractivity contribution in [3.63, 3.8) is 0 Å². The van der Waals surface area contributed by atoms with Gasteiger partial charge in [0.2, 0.25) is 0 Å². The van der Waals surface area contributed by atoms with Crippen molar-refractivity contribution in [3.05, 3.63) is 35.1 Å². The van der Waals surface area contributed by atoms with Crippen LogP contribution in [0.3, 0.4) is 0 Å².